The van der Waals surface area contributed by atoms with E-state index < -0.39 is 5.54 Å². The Morgan fingerprint density at radius 1 is 1.43 bits per heavy atom. The smallest absolute Gasteiger partial charge is 0.325 e. The lowest BCUT2D eigenvalue weighted by molar-refractivity contribution is -0.148. The summed E-state index contributed by atoms with van der Waals surface area (Å²) in [5, 5.41) is 3.02. The molecule has 0 fully saturated rings. The number of likely N-dealkylation sites (N-methyl/N-ethyl adjacent to an activating group) is 1. The second-order valence-electron chi connectivity index (χ2n) is 5.43. The molecule has 1 N–H and O–H groups in total. The SMILES string of the molecule is CNC(C)(CCCCN(C)c1cccc(F)c1)C(=O)OC. The van der Waals surface area contributed by atoms with E-state index in [1.54, 1.807) is 13.1 Å². The van der Waals surface area contributed by atoms with Crippen LogP contribution in [0.2, 0.25) is 0 Å². The van der Waals surface area contributed by atoms with Crippen LogP contribution in [0.5, 0.6) is 0 Å². The average molecular weight is 296 g/mol. The molecule has 0 saturated heterocycles. The molecule has 0 bridgehead atoms. The maximum atomic E-state index is 13.2. The van der Waals surface area contributed by atoms with Gasteiger partial charge in [0.15, 0.2) is 0 Å². The van der Waals surface area contributed by atoms with Gasteiger partial charge in [-0.15, -0.1) is 0 Å². The summed E-state index contributed by atoms with van der Waals surface area (Å²) in [4.78, 5) is 13.7. The van der Waals surface area contributed by atoms with Crippen molar-refractivity contribution >= 4 is 11.7 Å². The highest BCUT2D eigenvalue weighted by Gasteiger charge is 2.31. The zero-order chi connectivity index (χ0) is 15.9. The van der Waals surface area contributed by atoms with Crippen LogP contribution >= 0.6 is 0 Å². The third-order valence-corrected chi connectivity index (χ3v) is 3.86. The van der Waals surface area contributed by atoms with E-state index in [0.29, 0.717) is 6.42 Å². The van der Waals surface area contributed by atoms with Crippen molar-refractivity contribution < 1.29 is 13.9 Å². The second-order valence-corrected chi connectivity index (χ2v) is 5.43. The van der Waals surface area contributed by atoms with Crippen molar-refractivity contribution in [1.29, 1.82) is 0 Å². The minimum atomic E-state index is -0.647. The molecular formula is C16H25FN2O2. The standard InChI is InChI=1S/C16H25FN2O2/c1-16(18-2,15(20)21-4)10-5-6-11-19(3)14-9-7-8-13(17)12-14/h7-9,12,18H,5-6,10-11H2,1-4H3. The number of nitrogens with one attached hydrogen (secondary N) is 1. The molecular weight excluding hydrogens is 271 g/mol. The first-order valence-corrected chi connectivity index (χ1v) is 7.17. The fraction of sp³-hybridized carbons (Fsp3) is 0.562. The molecule has 1 unspecified atom stereocenters. The van der Waals surface area contributed by atoms with Crippen molar-refractivity contribution in [3.05, 3.63) is 30.1 Å². The van der Waals surface area contributed by atoms with E-state index in [1.807, 2.05) is 24.9 Å². The summed E-state index contributed by atoms with van der Waals surface area (Å²) in [7, 11) is 5.10. The molecule has 0 aliphatic heterocycles. The molecule has 21 heavy (non-hydrogen) atoms. The van der Waals surface area contributed by atoms with E-state index >= 15 is 0 Å². The molecule has 0 spiro atoms. The van der Waals surface area contributed by atoms with Crippen LogP contribution in [-0.4, -0.2) is 39.3 Å². The van der Waals surface area contributed by atoms with Crippen molar-refractivity contribution in [1.82, 2.24) is 5.32 Å². The number of rotatable bonds is 8. The zero-order valence-electron chi connectivity index (χ0n) is 13.3. The van der Waals surface area contributed by atoms with Crippen LogP contribution < -0.4 is 10.2 Å². The highest BCUT2D eigenvalue weighted by molar-refractivity contribution is 5.80. The Labute approximate surface area is 126 Å². The summed E-state index contributed by atoms with van der Waals surface area (Å²) in [6.45, 7) is 2.65. The van der Waals surface area contributed by atoms with Crippen LogP contribution in [0.25, 0.3) is 0 Å². The van der Waals surface area contributed by atoms with Crippen LogP contribution in [0.15, 0.2) is 24.3 Å². The molecule has 1 aromatic rings. The van der Waals surface area contributed by atoms with Gasteiger partial charge in [-0.25, -0.2) is 4.39 Å². The third kappa shape index (κ3) is 5.01. The number of methoxy groups -OCH3 is 1. The van der Waals surface area contributed by atoms with Gasteiger partial charge in [-0.1, -0.05) is 6.07 Å². The lowest BCUT2D eigenvalue weighted by Crippen LogP contribution is -2.48. The number of hydrogen-bond acceptors (Lipinski definition) is 4. The Morgan fingerprint density at radius 3 is 2.71 bits per heavy atom. The lowest BCUT2D eigenvalue weighted by Gasteiger charge is -2.26. The Bertz CT molecular complexity index is 467. The molecule has 0 heterocycles. The van der Waals surface area contributed by atoms with Gasteiger partial charge in [-0.2, -0.15) is 0 Å². The maximum absolute atomic E-state index is 13.2. The Balaban J connectivity index is 2.41. The Kier molecular flexibility index (Phi) is 6.62. The first-order valence-electron chi connectivity index (χ1n) is 7.17. The van der Waals surface area contributed by atoms with Crippen molar-refractivity contribution in [3.8, 4) is 0 Å². The summed E-state index contributed by atoms with van der Waals surface area (Å²) in [6, 6.07) is 6.55. The lowest BCUT2D eigenvalue weighted by atomic mass is 9.95. The predicted octanol–water partition coefficient (Wildman–Crippen LogP) is 2.58. The van der Waals surface area contributed by atoms with Crippen molar-refractivity contribution in [3.63, 3.8) is 0 Å². The monoisotopic (exact) mass is 296 g/mol. The van der Waals surface area contributed by atoms with Crippen LogP contribution in [0.4, 0.5) is 10.1 Å². The quantitative estimate of drug-likeness (QED) is 0.591. The van der Waals surface area contributed by atoms with E-state index in [4.69, 9.17) is 4.74 Å². The molecule has 0 aliphatic rings. The molecule has 4 nitrogen and oxygen atoms in total. The average Bonchev–Trinajstić information content (AvgIpc) is 2.50. The van der Waals surface area contributed by atoms with Gasteiger partial charge in [0.2, 0.25) is 0 Å². The van der Waals surface area contributed by atoms with Gasteiger partial charge < -0.3 is 15.0 Å². The number of benzene rings is 1. The molecule has 1 atom stereocenters. The first-order chi connectivity index (χ1) is 9.92. The highest BCUT2D eigenvalue weighted by Crippen LogP contribution is 2.18. The summed E-state index contributed by atoms with van der Waals surface area (Å²) < 4.78 is 18.0. The van der Waals surface area contributed by atoms with Gasteiger partial charge >= 0.3 is 5.97 Å². The van der Waals surface area contributed by atoms with Gasteiger partial charge in [0.05, 0.1) is 7.11 Å². The number of nitrogens with zero attached hydrogens (tertiary/aromatic N) is 1. The Morgan fingerprint density at radius 2 is 2.14 bits per heavy atom. The fourth-order valence-electron chi connectivity index (χ4n) is 2.22. The third-order valence-electron chi connectivity index (χ3n) is 3.86. The number of anilines is 1. The van der Waals surface area contributed by atoms with Crippen molar-refractivity contribution in [2.24, 2.45) is 0 Å². The number of carbonyl (C=O) groups is 1. The van der Waals surface area contributed by atoms with Crippen LogP contribution in [0.1, 0.15) is 26.2 Å². The normalized spacial score (nSPS) is 13.6. The van der Waals surface area contributed by atoms with Crippen LogP contribution in [0.3, 0.4) is 0 Å². The number of halogens is 1. The van der Waals surface area contributed by atoms with Crippen LogP contribution in [0, 0.1) is 5.82 Å². The Hall–Kier alpha value is -1.62. The van der Waals surface area contributed by atoms with E-state index in [0.717, 1.165) is 25.1 Å². The van der Waals surface area contributed by atoms with Gasteiger partial charge in [0, 0.05) is 19.3 Å². The zero-order valence-corrected chi connectivity index (χ0v) is 13.3. The highest BCUT2D eigenvalue weighted by atomic mass is 19.1. The van der Waals surface area contributed by atoms with E-state index in [9.17, 15) is 9.18 Å². The van der Waals surface area contributed by atoms with E-state index in [2.05, 4.69) is 5.32 Å². The van der Waals surface area contributed by atoms with E-state index in [-0.39, 0.29) is 11.8 Å². The number of esters is 1. The van der Waals surface area contributed by atoms with Gasteiger partial charge in [-0.3, -0.25) is 4.79 Å². The number of unbranched alkanes of at least 4 members (excludes halogenated alkanes) is 1. The number of hydrogen-bond donors (Lipinski definition) is 1. The van der Waals surface area contributed by atoms with Crippen LogP contribution in [-0.2, 0) is 9.53 Å². The minimum Gasteiger partial charge on any atom is -0.468 e. The molecule has 0 aromatic heterocycles. The largest absolute Gasteiger partial charge is 0.468 e. The summed E-state index contributed by atoms with van der Waals surface area (Å²) in [5.41, 5.74) is 0.214. The molecule has 5 heteroatoms. The molecule has 0 radical (unpaired) electrons. The predicted molar refractivity (Wildman–Crippen MR) is 83.0 cm³/mol. The fourth-order valence-corrected chi connectivity index (χ4v) is 2.22. The van der Waals surface area contributed by atoms with E-state index in [1.165, 1.54) is 19.2 Å². The topological polar surface area (TPSA) is 41.6 Å². The van der Waals surface area contributed by atoms with Crippen molar-refractivity contribution in [2.75, 3.05) is 32.6 Å². The molecule has 0 amide bonds. The summed E-state index contributed by atoms with van der Waals surface area (Å²) in [5.74, 6) is -0.476. The first kappa shape index (κ1) is 17.4. The summed E-state index contributed by atoms with van der Waals surface area (Å²) in [6.07, 6.45) is 2.50. The molecule has 0 aliphatic carbocycles. The molecule has 1 rings (SSSR count). The molecule has 0 saturated carbocycles. The number of carbonyl (C=O) groups excluding carboxylic acids is 1. The second kappa shape index (κ2) is 7.98. The van der Waals surface area contributed by atoms with Crippen molar-refractivity contribution in [2.45, 2.75) is 31.7 Å². The molecule has 118 valence electrons. The molecule has 1 aromatic carbocycles. The number of ether oxygens (including phenoxy) is 1. The van der Waals surface area contributed by atoms with Gasteiger partial charge in [-0.05, 0) is 51.4 Å². The minimum absolute atomic E-state index is 0.229. The van der Waals surface area contributed by atoms with Gasteiger partial charge in [0.1, 0.15) is 11.4 Å². The van der Waals surface area contributed by atoms with Gasteiger partial charge in [0.25, 0.3) is 0 Å². The maximum Gasteiger partial charge on any atom is 0.325 e. The summed E-state index contributed by atoms with van der Waals surface area (Å²) >= 11 is 0.